The normalized spacial score (nSPS) is 20.1. The number of nitrogens with one attached hydrogen (secondary N) is 1. The number of hydrogen-bond donors (Lipinski definition) is 1. The Morgan fingerprint density at radius 3 is 2.67 bits per heavy atom. The third-order valence-electron chi connectivity index (χ3n) is 6.79. The highest BCUT2D eigenvalue weighted by Gasteiger charge is 2.54. The van der Waals surface area contributed by atoms with Crippen molar-refractivity contribution in [1.82, 2.24) is 9.88 Å². The first-order valence-electron chi connectivity index (χ1n) is 11.2. The Bertz CT molecular complexity index is 933. The van der Waals surface area contributed by atoms with E-state index in [9.17, 15) is 9.59 Å². The number of carbonyl (C=O) groups excluding carboxylic acids is 2. The molecule has 30 heavy (non-hydrogen) atoms. The zero-order valence-corrected chi connectivity index (χ0v) is 18.0. The Kier molecular flexibility index (Phi) is 5.89. The standard InChI is InChI=1S/C25H31N3O2/c1-3-4-17-28-24(30)20-13-7-6-12-19(20)21(25(28)14-8-5-9-15-25)23(29)27-22-18(2)11-10-16-26-22/h6-7,10-13,16,21H,3-5,8-9,14-15,17H2,1-2H3,(H,26,27,29)/t21-/m0/s1. The van der Waals surface area contributed by atoms with Crippen LogP contribution < -0.4 is 5.32 Å². The number of aromatic nitrogens is 1. The van der Waals surface area contributed by atoms with Gasteiger partial charge in [0, 0.05) is 18.3 Å². The van der Waals surface area contributed by atoms with Crippen LogP contribution in [0.2, 0.25) is 0 Å². The lowest BCUT2D eigenvalue weighted by molar-refractivity contribution is -0.122. The van der Waals surface area contributed by atoms with Gasteiger partial charge < -0.3 is 10.2 Å². The maximum atomic E-state index is 13.8. The number of nitrogens with zero attached hydrogens (tertiary/aromatic N) is 2. The lowest BCUT2D eigenvalue weighted by Crippen LogP contribution is -2.62. The van der Waals surface area contributed by atoms with Crippen LogP contribution >= 0.6 is 0 Å². The largest absolute Gasteiger partial charge is 0.332 e. The SMILES string of the molecule is CCCCN1C(=O)c2ccccc2[C@@H](C(=O)Nc2ncccc2C)C12CCCCC2. The second-order valence-electron chi connectivity index (χ2n) is 8.65. The zero-order chi connectivity index (χ0) is 21.1. The van der Waals surface area contributed by atoms with E-state index in [1.54, 1.807) is 6.20 Å². The molecule has 1 spiro atoms. The van der Waals surface area contributed by atoms with Crippen molar-refractivity contribution in [1.29, 1.82) is 0 Å². The third kappa shape index (κ3) is 3.51. The minimum atomic E-state index is -0.453. The van der Waals surface area contributed by atoms with Crippen LogP contribution in [0.15, 0.2) is 42.6 Å². The van der Waals surface area contributed by atoms with Crippen LogP contribution in [0.1, 0.15) is 79.3 Å². The van der Waals surface area contributed by atoms with Crippen LogP contribution in [-0.4, -0.2) is 33.8 Å². The second kappa shape index (κ2) is 8.58. The highest BCUT2D eigenvalue weighted by molar-refractivity contribution is 6.05. The Morgan fingerprint density at radius 2 is 1.93 bits per heavy atom. The van der Waals surface area contributed by atoms with E-state index in [0.29, 0.717) is 17.9 Å². The highest BCUT2D eigenvalue weighted by atomic mass is 16.2. The van der Waals surface area contributed by atoms with E-state index in [0.717, 1.165) is 56.1 Å². The Balaban J connectivity index is 1.81. The predicted molar refractivity (Wildman–Crippen MR) is 119 cm³/mol. The van der Waals surface area contributed by atoms with Crippen molar-refractivity contribution >= 4 is 17.6 Å². The molecule has 4 rings (SSSR count). The summed E-state index contributed by atoms with van der Waals surface area (Å²) in [5.41, 5.74) is 2.02. The Hall–Kier alpha value is -2.69. The molecule has 2 heterocycles. The summed E-state index contributed by atoms with van der Waals surface area (Å²) in [5, 5.41) is 3.10. The second-order valence-corrected chi connectivity index (χ2v) is 8.65. The minimum absolute atomic E-state index is 0.0554. The van der Waals surface area contributed by atoms with Gasteiger partial charge in [0.1, 0.15) is 5.82 Å². The molecule has 1 aliphatic heterocycles. The molecule has 1 N–H and O–H groups in total. The van der Waals surface area contributed by atoms with Gasteiger partial charge in [-0.2, -0.15) is 0 Å². The number of amides is 2. The summed E-state index contributed by atoms with van der Waals surface area (Å²) in [7, 11) is 0. The maximum absolute atomic E-state index is 13.8. The molecule has 1 fully saturated rings. The van der Waals surface area contributed by atoms with Crippen LogP contribution in [-0.2, 0) is 4.79 Å². The van der Waals surface area contributed by atoms with Gasteiger partial charge in [0.05, 0.1) is 11.5 Å². The van der Waals surface area contributed by atoms with Gasteiger partial charge in [-0.3, -0.25) is 9.59 Å². The van der Waals surface area contributed by atoms with Gasteiger partial charge in [0.15, 0.2) is 0 Å². The summed E-state index contributed by atoms with van der Waals surface area (Å²) < 4.78 is 0. The fourth-order valence-electron chi connectivity index (χ4n) is 5.29. The maximum Gasteiger partial charge on any atom is 0.254 e. The zero-order valence-electron chi connectivity index (χ0n) is 18.0. The number of unbranched alkanes of at least 4 members (excludes halogenated alkanes) is 1. The predicted octanol–water partition coefficient (Wildman–Crippen LogP) is 5.07. The van der Waals surface area contributed by atoms with Crippen molar-refractivity contribution in [2.75, 3.05) is 11.9 Å². The summed E-state index contributed by atoms with van der Waals surface area (Å²) in [4.78, 5) is 33.8. The molecule has 1 atom stereocenters. The van der Waals surface area contributed by atoms with Crippen molar-refractivity contribution in [3.05, 3.63) is 59.3 Å². The van der Waals surface area contributed by atoms with Crippen LogP contribution in [0.3, 0.4) is 0 Å². The van der Waals surface area contributed by atoms with Crippen molar-refractivity contribution in [3.8, 4) is 0 Å². The number of benzene rings is 1. The molecule has 1 saturated carbocycles. The lowest BCUT2D eigenvalue weighted by Gasteiger charge is -2.53. The molecule has 1 aliphatic carbocycles. The molecule has 5 heteroatoms. The molecule has 1 aromatic carbocycles. The molecule has 2 amide bonds. The molecule has 2 aliphatic rings. The molecule has 0 radical (unpaired) electrons. The number of hydrogen-bond acceptors (Lipinski definition) is 3. The van der Waals surface area contributed by atoms with Crippen LogP contribution in [0.5, 0.6) is 0 Å². The van der Waals surface area contributed by atoms with Gasteiger partial charge in [-0.1, -0.05) is 56.9 Å². The Morgan fingerprint density at radius 1 is 1.17 bits per heavy atom. The van der Waals surface area contributed by atoms with Crippen LogP contribution in [0.4, 0.5) is 5.82 Å². The summed E-state index contributed by atoms with van der Waals surface area (Å²) in [6.45, 7) is 4.80. The van der Waals surface area contributed by atoms with Crippen LogP contribution in [0.25, 0.3) is 0 Å². The van der Waals surface area contributed by atoms with Gasteiger partial charge in [-0.25, -0.2) is 4.98 Å². The first-order chi connectivity index (χ1) is 14.6. The number of rotatable bonds is 5. The number of anilines is 1. The van der Waals surface area contributed by atoms with E-state index >= 15 is 0 Å². The molecular formula is C25H31N3O2. The molecule has 0 bridgehead atoms. The molecule has 158 valence electrons. The molecule has 0 unspecified atom stereocenters. The summed E-state index contributed by atoms with van der Waals surface area (Å²) >= 11 is 0. The molecular weight excluding hydrogens is 374 g/mol. The van der Waals surface area contributed by atoms with Crippen molar-refractivity contribution in [3.63, 3.8) is 0 Å². The topological polar surface area (TPSA) is 62.3 Å². The summed E-state index contributed by atoms with van der Waals surface area (Å²) in [6, 6.07) is 11.5. The number of pyridine rings is 1. The number of carbonyl (C=O) groups is 2. The van der Waals surface area contributed by atoms with E-state index in [4.69, 9.17) is 0 Å². The van der Waals surface area contributed by atoms with Gasteiger partial charge >= 0.3 is 0 Å². The average molecular weight is 406 g/mol. The van der Waals surface area contributed by atoms with E-state index in [1.165, 1.54) is 0 Å². The quantitative estimate of drug-likeness (QED) is 0.755. The number of fused-ring (bicyclic) bond motifs is 1. The molecule has 1 aromatic heterocycles. The summed E-state index contributed by atoms with van der Waals surface area (Å²) in [6.07, 6.45) is 8.66. The van der Waals surface area contributed by atoms with E-state index in [2.05, 4.69) is 17.2 Å². The lowest BCUT2D eigenvalue weighted by atomic mass is 9.65. The van der Waals surface area contributed by atoms with Crippen molar-refractivity contribution < 1.29 is 9.59 Å². The first kappa shape index (κ1) is 20.6. The van der Waals surface area contributed by atoms with E-state index < -0.39 is 5.54 Å². The summed E-state index contributed by atoms with van der Waals surface area (Å²) in [5.74, 6) is 0.243. The Labute approximate surface area is 178 Å². The fraction of sp³-hybridized carbons (Fsp3) is 0.480. The number of aryl methyl sites for hydroxylation is 1. The van der Waals surface area contributed by atoms with Gasteiger partial charge in [-0.15, -0.1) is 0 Å². The van der Waals surface area contributed by atoms with Crippen molar-refractivity contribution in [2.45, 2.75) is 70.3 Å². The monoisotopic (exact) mass is 405 g/mol. The third-order valence-corrected chi connectivity index (χ3v) is 6.79. The van der Waals surface area contributed by atoms with E-state index in [1.807, 2.05) is 48.2 Å². The molecule has 2 aromatic rings. The highest BCUT2D eigenvalue weighted by Crippen LogP contribution is 2.49. The molecule has 5 nitrogen and oxygen atoms in total. The molecule has 0 saturated heterocycles. The minimum Gasteiger partial charge on any atom is -0.332 e. The van der Waals surface area contributed by atoms with Crippen molar-refractivity contribution in [2.24, 2.45) is 0 Å². The smallest absolute Gasteiger partial charge is 0.254 e. The van der Waals surface area contributed by atoms with Crippen LogP contribution in [0, 0.1) is 6.92 Å². The van der Waals surface area contributed by atoms with Gasteiger partial charge in [-0.05, 0) is 49.4 Å². The fourth-order valence-corrected chi connectivity index (χ4v) is 5.29. The van der Waals surface area contributed by atoms with Gasteiger partial charge in [0.25, 0.3) is 5.91 Å². The van der Waals surface area contributed by atoms with Gasteiger partial charge in [0.2, 0.25) is 5.91 Å². The first-order valence-corrected chi connectivity index (χ1v) is 11.2. The van der Waals surface area contributed by atoms with E-state index in [-0.39, 0.29) is 17.7 Å². The average Bonchev–Trinajstić information content (AvgIpc) is 2.76.